The Morgan fingerprint density at radius 2 is 2.05 bits per heavy atom. The van der Waals surface area contributed by atoms with E-state index in [1.807, 2.05) is 13.8 Å². The number of carbonyl (C=O) groups excluding carboxylic acids is 2. The first-order valence-corrected chi connectivity index (χ1v) is 6.87. The average molecular weight is 294 g/mol. The number of anilines is 1. The molecular formula is C15H22N2O4. The summed E-state index contributed by atoms with van der Waals surface area (Å²) in [6, 6.07) is 4.64. The van der Waals surface area contributed by atoms with Crippen LogP contribution in [0.3, 0.4) is 0 Å². The number of ether oxygens (including phenoxy) is 2. The molecule has 116 valence electrons. The van der Waals surface area contributed by atoms with Crippen LogP contribution in [0.2, 0.25) is 0 Å². The number of esters is 1. The fourth-order valence-electron chi connectivity index (χ4n) is 1.89. The minimum atomic E-state index is -0.612. The van der Waals surface area contributed by atoms with Crippen LogP contribution in [0.25, 0.3) is 0 Å². The molecule has 0 bridgehead atoms. The van der Waals surface area contributed by atoms with Crippen molar-refractivity contribution in [3.8, 4) is 5.75 Å². The summed E-state index contributed by atoms with van der Waals surface area (Å²) >= 11 is 0. The van der Waals surface area contributed by atoms with Gasteiger partial charge in [-0.2, -0.15) is 0 Å². The van der Waals surface area contributed by atoms with Gasteiger partial charge in [0.15, 0.2) is 6.61 Å². The highest BCUT2D eigenvalue weighted by molar-refractivity contribution is 5.92. The Labute approximate surface area is 124 Å². The second kappa shape index (κ2) is 8.14. The highest BCUT2D eigenvalue weighted by atomic mass is 16.5. The number of methoxy groups -OCH3 is 1. The van der Waals surface area contributed by atoms with Gasteiger partial charge in [-0.1, -0.05) is 13.3 Å². The van der Waals surface area contributed by atoms with E-state index in [2.05, 4.69) is 5.32 Å². The summed E-state index contributed by atoms with van der Waals surface area (Å²) in [7, 11) is 1.48. The summed E-state index contributed by atoms with van der Waals surface area (Å²) < 4.78 is 9.99. The van der Waals surface area contributed by atoms with E-state index < -0.39 is 5.97 Å². The number of hydrogen-bond donors (Lipinski definition) is 2. The third-order valence-corrected chi connectivity index (χ3v) is 2.86. The molecule has 1 amide bonds. The summed E-state index contributed by atoms with van der Waals surface area (Å²) in [6.07, 6.45) is 1.86. The summed E-state index contributed by atoms with van der Waals surface area (Å²) in [5.41, 5.74) is 6.30. The standard InChI is InChI=1S/C15H22N2O4/c1-4-5-10(2)17-14(18)9-21-15(19)11-6-12(16)8-13(7-11)20-3/h6-8,10H,4-5,9,16H2,1-3H3,(H,17,18). The first-order valence-electron chi connectivity index (χ1n) is 6.87. The number of carbonyl (C=O) groups is 2. The van der Waals surface area contributed by atoms with Crippen molar-refractivity contribution >= 4 is 17.6 Å². The van der Waals surface area contributed by atoms with Gasteiger partial charge in [0.05, 0.1) is 12.7 Å². The lowest BCUT2D eigenvalue weighted by Gasteiger charge is -2.13. The van der Waals surface area contributed by atoms with Crippen molar-refractivity contribution in [2.45, 2.75) is 32.7 Å². The lowest BCUT2D eigenvalue weighted by molar-refractivity contribution is -0.124. The van der Waals surface area contributed by atoms with Crippen LogP contribution in [-0.4, -0.2) is 31.6 Å². The summed E-state index contributed by atoms with van der Waals surface area (Å²) in [6.45, 7) is 3.63. The Bertz CT molecular complexity index is 502. The number of nitrogens with two attached hydrogens (primary N) is 1. The Morgan fingerprint density at radius 1 is 1.33 bits per heavy atom. The van der Waals surface area contributed by atoms with Gasteiger partial charge < -0.3 is 20.5 Å². The van der Waals surface area contributed by atoms with E-state index in [0.717, 1.165) is 12.8 Å². The van der Waals surface area contributed by atoms with Crippen molar-refractivity contribution in [3.63, 3.8) is 0 Å². The maximum atomic E-state index is 11.9. The largest absolute Gasteiger partial charge is 0.497 e. The SMILES string of the molecule is CCCC(C)NC(=O)COC(=O)c1cc(N)cc(OC)c1. The third kappa shape index (κ3) is 5.72. The van der Waals surface area contributed by atoms with Gasteiger partial charge in [-0.3, -0.25) is 4.79 Å². The second-order valence-corrected chi connectivity index (χ2v) is 4.83. The highest BCUT2D eigenvalue weighted by Crippen LogP contribution is 2.19. The van der Waals surface area contributed by atoms with Crippen LogP contribution >= 0.6 is 0 Å². The molecule has 1 aromatic carbocycles. The molecule has 0 aliphatic carbocycles. The Balaban J connectivity index is 2.54. The zero-order valence-corrected chi connectivity index (χ0v) is 12.6. The van der Waals surface area contributed by atoms with Gasteiger partial charge in [-0.05, 0) is 25.5 Å². The molecule has 6 nitrogen and oxygen atoms in total. The van der Waals surface area contributed by atoms with E-state index in [1.54, 1.807) is 6.07 Å². The van der Waals surface area contributed by atoms with Crippen LogP contribution in [0.4, 0.5) is 5.69 Å². The predicted octanol–water partition coefficient (Wildman–Crippen LogP) is 1.74. The number of nitrogen functional groups attached to an aromatic ring is 1. The predicted molar refractivity (Wildman–Crippen MR) is 80.2 cm³/mol. The van der Waals surface area contributed by atoms with Gasteiger partial charge >= 0.3 is 5.97 Å². The van der Waals surface area contributed by atoms with Gasteiger partial charge in [0.25, 0.3) is 5.91 Å². The normalized spacial score (nSPS) is 11.6. The van der Waals surface area contributed by atoms with E-state index in [4.69, 9.17) is 15.2 Å². The maximum absolute atomic E-state index is 11.9. The molecule has 1 aromatic rings. The zero-order valence-electron chi connectivity index (χ0n) is 12.6. The van der Waals surface area contributed by atoms with Crippen LogP contribution < -0.4 is 15.8 Å². The minimum absolute atomic E-state index is 0.0636. The van der Waals surface area contributed by atoms with E-state index in [0.29, 0.717) is 11.4 Å². The van der Waals surface area contributed by atoms with Crippen molar-refractivity contribution in [3.05, 3.63) is 23.8 Å². The first-order chi connectivity index (χ1) is 9.96. The van der Waals surface area contributed by atoms with Crippen LogP contribution in [0.15, 0.2) is 18.2 Å². The van der Waals surface area contributed by atoms with Crippen molar-refractivity contribution in [2.24, 2.45) is 0 Å². The fraction of sp³-hybridized carbons (Fsp3) is 0.467. The number of benzene rings is 1. The molecule has 0 aliphatic heterocycles. The van der Waals surface area contributed by atoms with Crippen LogP contribution in [0.5, 0.6) is 5.75 Å². The van der Waals surface area contributed by atoms with Gasteiger partial charge in [0, 0.05) is 17.8 Å². The fourth-order valence-corrected chi connectivity index (χ4v) is 1.89. The molecule has 3 N–H and O–H groups in total. The molecule has 1 rings (SSSR count). The molecule has 6 heteroatoms. The number of nitrogens with one attached hydrogen (secondary N) is 1. The lowest BCUT2D eigenvalue weighted by Crippen LogP contribution is -2.35. The van der Waals surface area contributed by atoms with Crippen LogP contribution in [-0.2, 0) is 9.53 Å². The van der Waals surface area contributed by atoms with Crippen molar-refractivity contribution < 1.29 is 19.1 Å². The molecule has 0 heterocycles. The maximum Gasteiger partial charge on any atom is 0.338 e. The molecule has 0 spiro atoms. The highest BCUT2D eigenvalue weighted by Gasteiger charge is 2.13. The summed E-state index contributed by atoms with van der Waals surface area (Å²) in [4.78, 5) is 23.5. The Kier molecular flexibility index (Phi) is 6.52. The average Bonchev–Trinajstić information content (AvgIpc) is 2.44. The van der Waals surface area contributed by atoms with Gasteiger partial charge in [-0.15, -0.1) is 0 Å². The molecule has 1 atom stereocenters. The molecule has 0 saturated heterocycles. The van der Waals surface area contributed by atoms with Crippen molar-refractivity contribution in [2.75, 3.05) is 19.5 Å². The number of hydrogen-bond acceptors (Lipinski definition) is 5. The quantitative estimate of drug-likeness (QED) is 0.590. The molecular weight excluding hydrogens is 272 g/mol. The second-order valence-electron chi connectivity index (χ2n) is 4.83. The van der Waals surface area contributed by atoms with E-state index >= 15 is 0 Å². The molecule has 0 aliphatic rings. The van der Waals surface area contributed by atoms with E-state index in [-0.39, 0.29) is 24.1 Å². The number of amides is 1. The van der Waals surface area contributed by atoms with Crippen molar-refractivity contribution in [1.82, 2.24) is 5.32 Å². The molecule has 21 heavy (non-hydrogen) atoms. The van der Waals surface area contributed by atoms with Gasteiger partial charge in [0.2, 0.25) is 0 Å². The van der Waals surface area contributed by atoms with E-state index in [9.17, 15) is 9.59 Å². The molecule has 0 fully saturated rings. The van der Waals surface area contributed by atoms with Gasteiger partial charge in [-0.25, -0.2) is 4.79 Å². The van der Waals surface area contributed by atoms with E-state index in [1.165, 1.54) is 19.2 Å². The molecule has 0 aromatic heterocycles. The van der Waals surface area contributed by atoms with Gasteiger partial charge in [0.1, 0.15) is 5.75 Å². The van der Waals surface area contributed by atoms with Crippen LogP contribution in [0.1, 0.15) is 37.0 Å². The Morgan fingerprint density at radius 3 is 2.67 bits per heavy atom. The monoisotopic (exact) mass is 294 g/mol. The first kappa shape index (κ1) is 16.8. The minimum Gasteiger partial charge on any atom is -0.497 e. The molecule has 1 unspecified atom stereocenters. The molecule has 0 radical (unpaired) electrons. The number of rotatable bonds is 7. The smallest absolute Gasteiger partial charge is 0.338 e. The zero-order chi connectivity index (χ0) is 15.8. The summed E-state index contributed by atoms with van der Waals surface area (Å²) in [5, 5.41) is 2.76. The molecule has 0 saturated carbocycles. The van der Waals surface area contributed by atoms with Crippen LogP contribution in [0, 0.1) is 0 Å². The Hall–Kier alpha value is -2.24. The lowest BCUT2D eigenvalue weighted by atomic mass is 10.2. The topological polar surface area (TPSA) is 90.7 Å². The van der Waals surface area contributed by atoms with Crippen molar-refractivity contribution in [1.29, 1.82) is 0 Å². The summed E-state index contributed by atoms with van der Waals surface area (Å²) in [5.74, 6) is -0.470. The third-order valence-electron chi connectivity index (χ3n) is 2.86.